The second-order valence-electron chi connectivity index (χ2n) is 5.32. The van der Waals surface area contributed by atoms with E-state index in [1.165, 1.54) is 11.1 Å². The van der Waals surface area contributed by atoms with Crippen LogP contribution < -0.4 is 22.0 Å². The van der Waals surface area contributed by atoms with Crippen molar-refractivity contribution in [3.8, 4) is 11.1 Å². The standard InChI is InChI=1S/C11H14N6O.C6H4/c1-7-9(8-5-3-2-4-6-8)14-16-11(13-7)17-15-10(12)18;1-2-6-4-3-5(1)6/h2-7H,1H3,(H3,12,15,18)(H2,13,16,17);1-4H. The predicted octanol–water partition coefficient (Wildman–Crippen LogP) is 1.58. The number of guanidine groups is 1. The SMILES string of the molecule is CC1N=C(NNC(N)=O)NN=C1c1ccccc1.c1cc2ccc1-2. The number of fused-ring (bicyclic) bond motifs is 1. The van der Waals surface area contributed by atoms with Crippen molar-refractivity contribution in [2.75, 3.05) is 0 Å². The van der Waals surface area contributed by atoms with E-state index >= 15 is 0 Å². The van der Waals surface area contributed by atoms with Gasteiger partial charge in [-0.2, -0.15) is 5.10 Å². The fourth-order valence-corrected chi connectivity index (χ4v) is 2.25. The Morgan fingerprint density at radius 1 is 1.04 bits per heavy atom. The minimum absolute atomic E-state index is 0.120. The van der Waals surface area contributed by atoms with Gasteiger partial charge in [0.1, 0.15) is 0 Å². The summed E-state index contributed by atoms with van der Waals surface area (Å²) >= 11 is 0. The highest BCUT2D eigenvalue weighted by atomic mass is 16.2. The third kappa shape index (κ3) is 3.52. The molecule has 0 saturated heterocycles. The quantitative estimate of drug-likeness (QED) is 0.511. The summed E-state index contributed by atoms with van der Waals surface area (Å²) in [6, 6.07) is 17.4. The predicted molar refractivity (Wildman–Crippen MR) is 94.3 cm³/mol. The molecule has 122 valence electrons. The van der Waals surface area contributed by atoms with Crippen molar-refractivity contribution in [3.63, 3.8) is 0 Å². The molecule has 1 aromatic carbocycles. The van der Waals surface area contributed by atoms with Gasteiger partial charge in [-0.3, -0.25) is 5.43 Å². The molecule has 3 aliphatic rings. The lowest BCUT2D eigenvalue weighted by molar-refractivity contribution is 0.247. The zero-order valence-corrected chi connectivity index (χ0v) is 13.2. The maximum Gasteiger partial charge on any atom is 0.330 e. The smallest absolute Gasteiger partial charge is 0.330 e. The Morgan fingerprint density at radius 2 is 1.67 bits per heavy atom. The zero-order valence-electron chi connectivity index (χ0n) is 13.2. The summed E-state index contributed by atoms with van der Waals surface area (Å²) in [6.07, 6.45) is 0. The van der Waals surface area contributed by atoms with Crippen molar-refractivity contribution in [3.05, 3.63) is 60.2 Å². The third-order valence-electron chi connectivity index (χ3n) is 3.59. The Balaban J connectivity index is 0.000000231. The highest BCUT2D eigenvalue weighted by Gasteiger charge is 2.17. The Kier molecular flexibility index (Phi) is 4.42. The highest BCUT2D eigenvalue weighted by molar-refractivity contribution is 6.07. The van der Waals surface area contributed by atoms with Crippen LogP contribution >= 0.6 is 0 Å². The summed E-state index contributed by atoms with van der Waals surface area (Å²) in [5.74, 6) is 0.348. The van der Waals surface area contributed by atoms with Gasteiger partial charge >= 0.3 is 6.03 Å². The summed E-state index contributed by atoms with van der Waals surface area (Å²) in [5, 5.41) is 4.22. The summed E-state index contributed by atoms with van der Waals surface area (Å²) in [4.78, 5) is 14.8. The largest absolute Gasteiger partial charge is 0.350 e. The molecule has 0 spiro atoms. The lowest BCUT2D eigenvalue weighted by atomic mass is 9.95. The van der Waals surface area contributed by atoms with Crippen LogP contribution in [0.2, 0.25) is 0 Å². The molecule has 1 aromatic rings. The van der Waals surface area contributed by atoms with E-state index < -0.39 is 6.03 Å². The number of nitrogens with one attached hydrogen (secondary N) is 3. The van der Waals surface area contributed by atoms with E-state index in [4.69, 9.17) is 5.73 Å². The van der Waals surface area contributed by atoms with Gasteiger partial charge in [-0.05, 0) is 23.6 Å². The monoisotopic (exact) mass is 322 g/mol. The number of hydrogen-bond donors (Lipinski definition) is 4. The number of nitrogens with zero attached hydrogens (tertiary/aromatic N) is 2. The molecular weight excluding hydrogens is 304 g/mol. The molecule has 7 nitrogen and oxygen atoms in total. The fraction of sp³-hybridized carbons (Fsp3) is 0.118. The molecule has 0 radical (unpaired) electrons. The second-order valence-corrected chi connectivity index (χ2v) is 5.32. The molecule has 0 fully saturated rings. The summed E-state index contributed by atoms with van der Waals surface area (Å²) < 4.78 is 0. The lowest BCUT2D eigenvalue weighted by Gasteiger charge is -2.19. The Hall–Kier alpha value is -3.35. The number of amides is 2. The third-order valence-corrected chi connectivity index (χ3v) is 3.59. The van der Waals surface area contributed by atoms with Gasteiger partial charge in [-0.15, -0.1) is 0 Å². The van der Waals surface area contributed by atoms with E-state index in [9.17, 15) is 4.79 Å². The Morgan fingerprint density at radius 3 is 2.12 bits per heavy atom. The number of aliphatic imine (C=N–C) groups is 1. The molecule has 2 amide bonds. The van der Waals surface area contributed by atoms with Crippen molar-refractivity contribution in [1.82, 2.24) is 16.3 Å². The second kappa shape index (κ2) is 6.82. The van der Waals surface area contributed by atoms with Crippen LogP contribution in [0.15, 0.2) is 64.7 Å². The maximum atomic E-state index is 10.5. The van der Waals surface area contributed by atoms with Crippen LogP contribution in [0.5, 0.6) is 0 Å². The van der Waals surface area contributed by atoms with E-state index in [1.807, 2.05) is 37.3 Å². The van der Waals surface area contributed by atoms with Crippen LogP contribution in [0.25, 0.3) is 11.1 Å². The van der Waals surface area contributed by atoms with Crippen LogP contribution in [0.4, 0.5) is 4.79 Å². The van der Waals surface area contributed by atoms with Crippen LogP contribution in [-0.2, 0) is 0 Å². The van der Waals surface area contributed by atoms with E-state index in [1.54, 1.807) is 0 Å². The van der Waals surface area contributed by atoms with Gasteiger partial charge in [0.2, 0.25) is 5.96 Å². The molecule has 24 heavy (non-hydrogen) atoms. The van der Waals surface area contributed by atoms with Crippen molar-refractivity contribution in [2.45, 2.75) is 13.0 Å². The van der Waals surface area contributed by atoms with E-state index in [0.717, 1.165) is 11.3 Å². The molecule has 2 aliphatic carbocycles. The van der Waals surface area contributed by atoms with Crippen molar-refractivity contribution >= 4 is 17.7 Å². The number of hydrazine groups is 1. The maximum absolute atomic E-state index is 10.5. The van der Waals surface area contributed by atoms with Crippen molar-refractivity contribution in [2.24, 2.45) is 15.8 Å². The molecule has 7 heteroatoms. The van der Waals surface area contributed by atoms with Crippen LogP contribution in [0, 0.1) is 0 Å². The van der Waals surface area contributed by atoms with E-state index in [-0.39, 0.29) is 6.04 Å². The summed E-state index contributed by atoms with van der Waals surface area (Å²) in [6.45, 7) is 1.92. The highest BCUT2D eigenvalue weighted by Crippen LogP contribution is 2.29. The number of hydrazone groups is 1. The lowest BCUT2D eigenvalue weighted by Crippen LogP contribution is -2.51. The van der Waals surface area contributed by atoms with Gasteiger partial charge in [-0.1, -0.05) is 54.6 Å². The first kappa shape index (κ1) is 15.5. The number of hydrogen-bond acceptors (Lipinski definition) is 5. The number of nitrogens with two attached hydrogens (primary N) is 1. The number of benzene rings is 2. The van der Waals surface area contributed by atoms with Crippen LogP contribution in [0.1, 0.15) is 12.5 Å². The first-order chi connectivity index (χ1) is 11.6. The normalized spacial score (nSPS) is 16.5. The molecule has 0 bridgehead atoms. The number of carbonyl (C=O) groups excluding carboxylic acids is 1. The topological polar surface area (TPSA) is 104 Å². The molecular formula is C17H18N6O. The van der Waals surface area contributed by atoms with Gasteiger partial charge in [0, 0.05) is 0 Å². The summed E-state index contributed by atoms with van der Waals surface area (Å²) in [7, 11) is 0. The van der Waals surface area contributed by atoms with Gasteiger partial charge in [0.05, 0.1) is 11.8 Å². The number of carbonyl (C=O) groups is 1. The first-order valence-corrected chi connectivity index (χ1v) is 7.52. The molecule has 0 aromatic heterocycles. The fourth-order valence-electron chi connectivity index (χ4n) is 2.25. The number of urea groups is 1. The van der Waals surface area contributed by atoms with Gasteiger partial charge in [-0.25, -0.2) is 20.6 Å². The molecule has 1 atom stereocenters. The van der Waals surface area contributed by atoms with Gasteiger partial charge < -0.3 is 5.73 Å². The Labute approximate surface area is 139 Å². The zero-order chi connectivity index (χ0) is 16.9. The van der Waals surface area contributed by atoms with E-state index in [0.29, 0.717) is 5.96 Å². The molecule has 1 aliphatic heterocycles. The molecule has 1 unspecified atom stereocenters. The summed E-state index contributed by atoms with van der Waals surface area (Å²) in [5.41, 5.74) is 17.1. The minimum Gasteiger partial charge on any atom is -0.350 e. The number of primary amides is 1. The van der Waals surface area contributed by atoms with Crippen LogP contribution in [0.3, 0.4) is 0 Å². The molecule has 4 rings (SSSR count). The van der Waals surface area contributed by atoms with Crippen molar-refractivity contribution < 1.29 is 4.79 Å². The molecule has 5 N–H and O–H groups in total. The minimum atomic E-state index is -0.690. The Bertz CT molecular complexity index is 761. The van der Waals surface area contributed by atoms with Gasteiger partial charge in [0.15, 0.2) is 0 Å². The molecule has 1 heterocycles. The van der Waals surface area contributed by atoms with Crippen molar-refractivity contribution in [1.29, 1.82) is 0 Å². The first-order valence-electron chi connectivity index (χ1n) is 7.52. The average Bonchev–Trinajstić information content (AvgIpc) is 2.57. The van der Waals surface area contributed by atoms with Crippen LogP contribution in [-0.4, -0.2) is 23.7 Å². The number of rotatable bonds is 1. The average molecular weight is 322 g/mol. The van der Waals surface area contributed by atoms with Gasteiger partial charge in [0.25, 0.3) is 0 Å². The molecule has 0 saturated carbocycles. The van der Waals surface area contributed by atoms with E-state index in [2.05, 4.69) is 50.6 Å².